The third-order valence-electron chi connectivity index (χ3n) is 7.40. The van der Waals surface area contributed by atoms with Gasteiger partial charge in [0.25, 0.3) is 0 Å². The van der Waals surface area contributed by atoms with Crippen LogP contribution in [0.5, 0.6) is 0 Å². The number of carbonyl (C=O) groups is 2. The Morgan fingerprint density at radius 3 is 2.19 bits per heavy atom. The normalized spacial score (nSPS) is 31.0. The van der Waals surface area contributed by atoms with Crippen LogP contribution in [0.25, 0.3) is 0 Å². The molecule has 4 nitrogen and oxygen atoms in total. The van der Waals surface area contributed by atoms with Gasteiger partial charge in [0.1, 0.15) is 0 Å². The Morgan fingerprint density at radius 2 is 1.67 bits per heavy atom. The number of carbonyl (C=O) groups excluding carboxylic acids is 2. The lowest BCUT2D eigenvalue weighted by Gasteiger charge is -2.41. The van der Waals surface area contributed by atoms with Crippen LogP contribution < -0.4 is 5.32 Å². The fraction of sp³-hybridized carbons (Fsp3) is 0.900. The number of hydrogen-bond donors (Lipinski definition) is 1. The number of likely N-dealkylation sites (tertiary alicyclic amines) is 1. The minimum absolute atomic E-state index is 0.0117. The fourth-order valence-corrected chi connectivity index (χ4v) is 5.40. The van der Waals surface area contributed by atoms with Crippen LogP contribution in [0.1, 0.15) is 64.2 Å². The van der Waals surface area contributed by atoms with Crippen LogP contribution in [-0.4, -0.2) is 42.0 Å². The molecule has 0 aromatic heterocycles. The number of nitrogens with one attached hydrogen (secondary N) is 1. The second kappa shape index (κ2) is 6.96. The third-order valence-corrected chi connectivity index (χ3v) is 7.40. The van der Waals surface area contributed by atoms with E-state index in [1.165, 1.54) is 4.90 Å². The van der Waals surface area contributed by atoms with Crippen molar-refractivity contribution in [3.63, 3.8) is 0 Å². The number of alkyl halides is 3. The molecule has 0 unspecified atom stereocenters. The van der Waals surface area contributed by atoms with E-state index in [4.69, 9.17) is 0 Å². The van der Waals surface area contributed by atoms with Crippen molar-refractivity contribution in [3.05, 3.63) is 0 Å². The van der Waals surface area contributed by atoms with Crippen molar-refractivity contribution in [2.45, 2.75) is 76.4 Å². The minimum atomic E-state index is -4.41. The average molecular weight is 386 g/mol. The molecular formula is C20H29F3N2O2. The van der Waals surface area contributed by atoms with Gasteiger partial charge in [0.15, 0.2) is 0 Å². The van der Waals surface area contributed by atoms with E-state index in [1.807, 2.05) is 0 Å². The Morgan fingerprint density at radius 1 is 1.00 bits per heavy atom. The second-order valence-electron chi connectivity index (χ2n) is 9.17. The van der Waals surface area contributed by atoms with Gasteiger partial charge < -0.3 is 10.2 Å². The van der Waals surface area contributed by atoms with Gasteiger partial charge in [-0.15, -0.1) is 0 Å². The topological polar surface area (TPSA) is 49.4 Å². The highest BCUT2D eigenvalue weighted by atomic mass is 19.4. The van der Waals surface area contributed by atoms with Crippen molar-refractivity contribution < 1.29 is 22.8 Å². The Kier molecular flexibility index (Phi) is 4.91. The number of hydrogen-bond acceptors (Lipinski definition) is 2. The summed E-state index contributed by atoms with van der Waals surface area (Å²) in [7, 11) is 0. The van der Waals surface area contributed by atoms with Crippen LogP contribution >= 0.6 is 0 Å². The standard InChI is InChI=1S/C20H29F3N2O2/c21-20(22,23)15-11-25(17(26)10-13-4-1-2-5-13)12-16(15)24-18(27)19(8-3-9-19)14-6-7-14/h13-16H,1-12H2,(H,24,27)/t15-,16-/m1/s1. The summed E-state index contributed by atoms with van der Waals surface area (Å²) < 4.78 is 40.7. The van der Waals surface area contributed by atoms with Gasteiger partial charge in [-0.3, -0.25) is 9.59 Å². The first-order valence-electron chi connectivity index (χ1n) is 10.4. The van der Waals surface area contributed by atoms with Gasteiger partial charge in [-0.2, -0.15) is 13.2 Å². The quantitative estimate of drug-likeness (QED) is 0.784. The fourth-order valence-electron chi connectivity index (χ4n) is 5.40. The molecule has 4 fully saturated rings. The van der Waals surface area contributed by atoms with Gasteiger partial charge in [0, 0.05) is 19.5 Å². The van der Waals surface area contributed by atoms with Crippen LogP contribution in [0.4, 0.5) is 13.2 Å². The van der Waals surface area contributed by atoms with E-state index in [-0.39, 0.29) is 24.9 Å². The van der Waals surface area contributed by atoms with Crippen molar-refractivity contribution in [2.75, 3.05) is 13.1 Å². The third kappa shape index (κ3) is 3.70. The number of nitrogens with zero attached hydrogens (tertiary/aromatic N) is 1. The van der Waals surface area contributed by atoms with Crippen molar-refractivity contribution in [1.82, 2.24) is 10.2 Å². The lowest BCUT2D eigenvalue weighted by Crippen LogP contribution is -2.54. The van der Waals surface area contributed by atoms with Crippen molar-refractivity contribution in [2.24, 2.45) is 23.2 Å². The molecular weight excluding hydrogens is 357 g/mol. The van der Waals surface area contributed by atoms with Gasteiger partial charge >= 0.3 is 6.18 Å². The summed E-state index contributed by atoms with van der Waals surface area (Å²) >= 11 is 0. The monoisotopic (exact) mass is 386 g/mol. The Bertz CT molecular complexity index is 593. The van der Waals surface area contributed by atoms with Gasteiger partial charge in [-0.25, -0.2) is 0 Å². The van der Waals surface area contributed by atoms with E-state index < -0.39 is 23.6 Å². The first kappa shape index (κ1) is 19.1. The van der Waals surface area contributed by atoms with E-state index >= 15 is 0 Å². The Hall–Kier alpha value is -1.27. The predicted molar refractivity (Wildman–Crippen MR) is 93.6 cm³/mol. The Labute approximate surface area is 158 Å². The maximum atomic E-state index is 13.6. The molecule has 2 amide bonds. The highest BCUT2D eigenvalue weighted by Gasteiger charge is 2.57. The van der Waals surface area contributed by atoms with E-state index in [0.29, 0.717) is 18.3 Å². The molecule has 0 aromatic rings. The lowest BCUT2D eigenvalue weighted by molar-refractivity contribution is -0.177. The van der Waals surface area contributed by atoms with Crippen LogP contribution in [0.2, 0.25) is 0 Å². The molecule has 3 aliphatic carbocycles. The van der Waals surface area contributed by atoms with Crippen LogP contribution in [0.3, 0.4) is 0 Å². The van der Waals surface area contributed by atoms with Crippen LogP contribution in [-0.2, 0) is 9.59 Å². The summed E-state index contributed by atoms with van der Waals surface area (Å²) in [5, 5.41) is 2.73. The van der Waals surface area contributed by atoms with E-state index in [9.17, 15) is 22.8 Å². The molecule has 4 aliphatic rings. The molecule has 0 bridgehead atoms. The molecule has 0 aromatic carbocycles. The molecule has 27 heavy (non-hydrogen) atoms. The van der Waals surface area contributed by atoms with E-state index in [2.05, 4.69) is 5.32 Å². The summed E-state index contributed by atoms with van der Waals surface area (Å²) in [6.07, 6.45) is 4.69. The summed E-state index contributed by atoms with van der Waals surface area (Å²) in [5.74, 6) is -1.40. The Balaban J connectivity index is 1.41. The van der Waals surface area contributed by atoms with E-state index in [0.717, 1.165) is 57.8 Å². The molecule has 0 radical (unpaired) electrons. The molecule has 1 saturated heterocycles. The van der Waals surface area contributed by atoms with E-state index in [1.54, 1.807) is 0 Å². The highest BCUT2D eigenvalue weighted by Crippen LogP contribution is 2.57. The zero-order chi connectivity index (χ0) is 19.2. The largest absolute Gasteiger partial charge is 0.395 e. The molecule has 3 saturated carbocycles. The molecule has 0 spiro atoms. The van der Waals surface area contributed by atoms with Crippen LogP contribution in [0.15, 0.2) is 0 Å². The molecule has 1 aliphatic heterocycles. The summed E-state index contributed by atoms with van der Waals surface area (Å²) in [6.45, 7) is -0.335. The smallest absolute Gasteiger partial charge is 0.350 e. The lowest BCUT2D eigenvalue weighted by atomic mass is 9.64. The van der Waals surface area contributed by atoms with Crippen molar-refractivity contribution >= 4 is 11.8 Å². The predicted octanol–water partition coefficient (Wildman–Crippen LogP) is 3.65. The van der Waals surface area contributed by atoms with Crippen LogP contribution in [0, 0.1) is 23.2 Å². The zero-order valence-corrected chi connectivity index (χ0v) is 15.7. The van der Waals surface area contributed by atoms with Crippen molar-refractivity contribution in [1.29, 1.82) is 0 Å². The highest BCUT2D eigenvalue weighted by molar-refractivity contribution is 5.85. The molecule has 1 heterocycles. The summed E-state index contributed by atoms with van der Waals surface area (Å²) in [5.41, 5.74) is -0.433. The minimum Gasteiger partial charge on any atom is -0.350 e. The van der Waals surface area contributed by atoms with Gasteiger partial charge in [-0.1, -0.05) is 19.3 Å². The maximum absolute atomic E-state index is 13.6. The maximum Gasteiger partial charge on any atom is 0.395 e. The number of amides is 2. The first-order valence-corrected chi connectivity index (χ1v) is 10.4. The molecule has 7 heteroatoms. The molecule has 4 rings (SSSR count). The second-order valence-corrected chi connectivity index (χ2v) is 9.17. The number of halogens is 3. The summed E-state index contributed by atoms with van der Waals surface area (Å²) in [4.78, 5) is 26.7. The molecule has 1 N–H and O–H groups in total. The SMILES string of the molecule is O=C(CC1CCCC1)N1C[C@@H](C(F)(F)F)[C@H](NC(=O)C2(C3CC3)CCC2)C1. The van der Waals surface area contributed by atoms with Crippen molar-refractivity contribution in [3.8, 4) is 0 Å². The summed E-state index contributed by atoms with van der Waals surface area (Å²) in [6, 6.07) is -1.01. The number of rotatable bonds is 5. The van der Waals surface area contributed by atoms with Gasteiger partial charge in [0.05, 0.1) is 17.4 Å². The average Bonchev–Trinajstić information content (AvgIpc) is 3.07. The van der Waals surface area contributed by atoms with Gasteiger partial charge in [-0.05, 0) is 50.4 Å². The zero-order valence-electron chi connectivity index (χ0n) is 15.7. The first-order chi connectivity index (χ1) is 12.8. The molecule has 2 atom stereocenters. The van der Waals surface area contributed by atoms with Gasteiger partial charge in [0.2, 0.25) is 11.8 Å². The molecule has 152 valence electrons.